The maximum absolute atomic E-state index is 8.78. The lowest BCUT2D eigenvalue weighted by molar-refractivity contribution is 0.274. The van der Waals surface area contributed by atoms with Gasteiger partial charge in [-0.15, -0.1) is 0 Å². The van der Waals surface area contributed by atoms with E-state index >= 15 is 0 Å². The van der Waals surface area contributed by atoms with Crippen molar-refractivity contribution in [1.82, 2.24) is 20.3 Å². The van der Waals surface area contributed by atoms with Gasteiger partial charge < -0.3 is 9.63 Å². The minimum absolute atomic E-state index is 0.0110. The van der Waals surface area contributed by atoms with Crippen molar-refractivity contribution < 1.29 is 9.63 Å². The summed E-state index contributed by atoms with van der Waals surface area (Å²) in [5.41, 5.74) is 1.59. The summed E-state index contributed by atoms with van der Waals surface area (Å²) < 4.78 is 5.00. The molecule has 0 unspecified atom stereocenters. The molecule has 0 spiro atoms. The first-order valence-electron chi connectivity index (χ1n) is 5.25. The Kier molecular flexibility index (Phi) is 2.34. The predicted molar refractivity (Wildman–Crippen MR) is 60.2 cm³/mol. The first kappa shape index (κ1) is 9.98. The molecule has 2 aromatic heterocycles. The molecular weight excluding hydrogens is 220 g/mol. The summed E-state index contributed by atoms with van der Waals surface area (Å²) in [4.78, 5) is 4.17. The summed E-state index contributed by atoms with van der Waals surface area (Å²) in [6.45, 7) is -0.0110. The molecule has 1 aromatic carbocycles. The van der Waals surface area contributed by atoms with E-state index in [9.17, 15) is 0 Å². The van der Waals surface area contributed by atoms with Crippen LogP contribution in [0, 0.1) is 0 Å². The maximum Gasteiger partial charge on any atom is 0.229 e. The summed E-state index contributed by atoms with van der Waals surface area (Å²) in [6.07, 6.45) is 0.357. The molecule has 0 bridgehead atoms. The molecular formula is C11H10N4O2. The van der Waals surface area contributed by atoms with E-state index in [0.29, 0.717) is 23.8 Å². The van der Waals surface area contributed by atoms with Crippen LogP contribution in [0.5, 0.6) is 0 Å². The lowest BCUT2D eigenvalue weighted by Gasteiger charge is -1.88. The summed E-state index contributed by atoms with van der Waals surface area (Å²) in [7, 11) is 0. The van der Waals surface area contributed by atoms with Crippen LogP contribution in [-0.4, -0.2) is 32.1 Å². The summed E-state index contributed by atoms with van der Waals surface area (Å²) >= 11 is 0. The van der Waals surface area contributed by atoms with Gasteiger partial charge in [0.15, 0.2) is 0 Å². The second-order valence-electron chi connectivity index (χ2n) is 3.60. The quantitative estimate of drug-likeness (QED) is 0.704. The number of aromatic nitrogens is 4. The normalized spacial score (nSPS) is 11.1. The van der Waals surface area contributed by atoms with Crippen molar-refractivity contribution in [3.8, 4) is 11.5 Å². The molecule has 3 aromatic rings. The second kappa shape index (κ2) is 3.99. The van der Waals surface area contributed by atoms with E-state index in [2.05, 4.69) is 20.3 Å². The molecule has 6 heteroatoms. The van der Waals surface area contributed by atoms with Crippen LogP contribution in [0.4, 0.5) is 0 Å². The number of H-pyrrole nitrogens is 1. The Morgan fingerprint density at radius 3 is 3.06 bits per heavy atom. The van der Waals surface area contributed by atoms with Crippen LogP contribution in [0.2, 0.25) is 0 Å². The molecule has 0 fully saturated rings. The van der Waals surface area contributed by atoms with Gasteiger partial charge in [-0.05, 0) is 6.07 Å². The summed E-state index contributed by atoms with van der Waals surface area (Å²) in [5.74, 6) is 0.848. The molecule has 6 nitrogen and oxygen atoms in total. The molecule has 0 aliphatic rings. The molecule has 2 N–H and O–H groups in total. The van der Waals surface area contributed by atoms with Crippen LogP contribution < -0.4 is 0 Å². The SMILES string of the molecule is OCCc1nc(-c2n[nH]c3ccccc23)no1. The van der Waals surface area contributed by atoms with Gasteiger partial charge in [-0.3, -0.25) is 5.10 Å². The van der Waals surface area contributed by atoms with Gasteiger partial charge >= 0.3 is 0 Å². The van der Waals surface area contributed by atoms with Gasteiger partial charge in [-0.2, -0.15) is 10.1 Å². The molecule has 0 saturated carbocycles. The lowest BCUT2D eigenvalue weighted by atomic mass is 10.2. The van der Waals surface area contributed by atoms with Gasteiger partial charge in [0.2, 0.25) is 11.7 Å². The highest BCUT2D eigenvalue weighted by molar-refractivity contribution is 5.90. The topological polar surface area (TPSA) is 87.8 Å². The van der Waals surface area contributed by atoms with Gasteiger partial charge in [-0.1, -0.05) is 23.4 Å². The Hall–Kier alpha value is -2.21. The minimum atomic E-state index is -0.0110. The van der Waals surface area contributed by atoms with Crippen LogP contribution >= 0.6 is 0 Å². The third-order valence-electron chi connectivity index (χ3n) is 2.48. The van der Waals surface area contributed by atoms with Crippen molar-refractivity contribution >= 4 is 10.9 Å². The summed E-state index contributed by atoms with van der Waals surface area (Å²) in [6, 6.07) is 7.73. The minimum Gasteiger partial charge on any atom is -0.396 e. The highest BCUT2D eigenvalue weighted by Crippen LogP contribution is 2.23. The van der Waals surface area contributed by atoms with Crippen LogP contribution in [0.3, 0.4) is 0 Å². The van der Waals surface area contributed by atoms with Crippen molar-refractivity contribution in [3.05, 3.63) is 30.2 Å². The van der Waals surface area contributed by atoms with Crippen molar-refractivity contribution in [1.29, 1.82) is 0 Å². The zero-order chi connectivity index (χ0) is 11.7. The lowest BCUT2D eigenvalue weighted by Crippen LogP contribution is -1.90. The number of nitrogens with zero attached hydrogens (tertiary/aromatic N) is 3. The predicted octanol–water partition coefficient (Wildman–Crippen LogP) is 1.15. The maximum atomic E-state index is 8.78. The second-order valence-corrected chi connectivity index (χ2v) is 3.60. The Morgan fingerprint density at radius 2 is 2.18 bits per heavy atom. The van der Waals surface area contributed by atoms with Gasteiger partial charge in [0, 0.05) is 5.39 Å². The molecule has 0 amide bonds. The fourth-order valence-electron chi connectivity index (χ4n) is 1.68. The van der Waals surface area contributed by atoms with E-state index in [-0.39, 0.29) is 6.61 Å². The number of aliphatic hydroxyl groups excluding tert-OH is 1. The number of hydrogen-bond acceptors (Lipinski definition) is 5. The van der Waals surface area contributed by atoms with Crippen molar-refractivity contribution in [2.75, 3.05) is 6.61 Å². The zero-order valence-electron chi connectivity index (χ0n) is 8.92. The average molecular weight is 230 g/mol. The van der Waals surface area contributed by atoms with Gasteiger partial charge in [0.25, 0.3) is 0 Å². The smallest absolute Gasteiger partial charge is 0.229 e. The van der Waals surface area contributed by atoms with Gasteiger partial charge in [0.05, 0.1) is 18.5 Å². The standard InChI is InChI=1S/C11H10N4O2/c16-6-5-9-12-11(15-17-9)10-7-3-1-2-4-8(7)13-14-10/h1-4,16H,5-6H2,(H,13,14). The number of nitrogens with one attached hydrogen (secondary N) is 1. The summed E-state index contributed by atoms with van der Waals surface area (Å²) in [5, 5.41) is 20.7. The Bertz CT molecular complexity index is 644. The molecule has 0 aliphatic heterocycles. The van der Waals surface area contributed by atoms with Crippen LogP contribution in [-0.2, 0) is 6.42 Å². The monoisotopic (exact) mass is 230 g/mol. The van der Waals surface area contributed by atoms with E-state index in [1.807, 2.05) is 24.3 Å². The molecule has 2 heterocycles. The zero-order valence-corrected chi connectivity index (χ0v) is 8.92. The van der Waals surface area contributed by atoms with E-state index < -0.39 is 0 Å². The molecule has 3 rings (SSSR count). The Balaban J connectivity index is 2.07. The third kappa shape index (κ3) is 1.68. The first-order valence-corrected chi connectivity index (χ1v) is 5.25. The van der Waals surface area contributed by atoms with Gasteiger partial charge in [-0.25, -0.2) is 0 Å². The van der Waals surface area contributed by atoms with Gasteiger partial charge in [0.1, 0.15) is 5.69 Å². The Morgan fingerprint density at radius 1 is 1.29 bits per heavy atom. The van der Waals surface area contributed by atoms with E-state index in [4.69, 9.17) is 9.63 Å². The molecule has 0 saturated heterocycles. The number of para-hydroxylation sites is 1. The van der Waals surface area contributed by atoms with E-state index in [1.165, 1.54) is 0 Å². The average Bonchev–Trinajstić information content (AvgIpc) is 2.95. The molecule has 17 heavy (non-hydrogen) atoms. The van der Waals surface area contributed by atoms with Crippen molar-refractivity contribution in [2.45, 2.75) is 6.42 Å². The molecule has 0 aliphatic carbocycles. The number of hydrogen-bond donors (Lipinski definition) is 2. The number of aromatic amines is 1. The highest BCUT2D eigenvalue weighted by Gasteiger charge is 2.14. The number of benzene rings is 1. The first-order chi connectivity index (χ1) is 8.38. The fourth-order valence-corrected chi connectivity index (χ4v) is 1.68. The highest BCUT2D eigenvalue weighted by atomic mass is 16.5. The number of aliphatic hydroxyl groups is 1. The Labute approximate surface area is 96.3 Å². The van der Waals surface area contributed by atoms with Crippen LogP contribution in [0.1, 0.15) is 5.89 Å². The molecule has 0 radical (unpaired) electrons. The number of fused-ring (bicyclic) bond motifs is 1. The number of rotatable bonds is 3. The largest absolute Gasteiger partial charge is 0.396 e. The molecule has 0 atom stereocenters. The third-order valence-corrected chi connectivity index (χ3v) is 2.48. The van der Waals surface area contributed by atoms with Crippen molar-refractivity contribution in [3.63, 3.8) is 0 Å². The van der Waals surface area contributed by atoms with E-state index in [1.54, 1.807) is 0 Å². The van der Waals surface area contributed by atoms with Crippen molar-refractivity contribution in [2.24, 2.45) is 0 Å². The fraction of sp³-hybridized carbons (Fsp3) is 0.182. The van der Waals surface area contributed by atoms with Crippen LogP contribution in [0.15, 0.2) is 28.8 Å². The van der Waals surface area contributed by atoms with Crippen LogP contribution in [0.25, 0.3) is 22.4 Å². The van der Waals surface area contributed by atoms with E-state index in [0.717, 1.165) is 10.9 Å². The molecule has 86 valence electrons.